The zero-order valence-corrected chi connectivity index (χ0v) is 14.3. The smallest absolute Gasteiger partial charge is 0.133 e. The maximum atomic E-state index is 5.24. The third kappa shape index (κ3) is 4.76. The molecule has 0 saturated carbocycles. The lowest BCUT2D eigenvalue weighted by molar-refractivity contribution is 0.402. The summed E-state index contributed by atoms with van der Waals surface area (Å²) in [5, 5.41) is 3.43. The molecule has 0 aliphatic rings. The van der Waals surface area contributed by atoms with Crippen LogP contribution in [-0.4, -0.2) is 26.1 Å². The molecule has 21 heavy (non-hydrogen) atoms. The molecular weight excluding hydrogens is 328 g/mol. The van der Waals surface area contributed by atoms with Gasteiger partial charge >= 0.3 is 0 Å². The summed E-state index contributed by atoms with van der Waals surface area (Å²) in [6.45, 7) is 1.75. The van der Waals surface area contributed by atoms with E-state index in [2.05, 4.69) is 76.6 Å². The van der Waals surface area contributed by atoms with Crippen molar-refractivity contribution in [3.63, 3.8) is 0 Å². The monoisotopic (exact) mass is 348 g/mol. The lowest BCUT2D eigenvalue weighted by Gasteiger charge is -2.11. The molecule has 0 unspecified atom stereocenters. The van der Waals surface area contributed by atoms with E-state index in [-0.39, 0.29) is 0 Å². The number of anilines is 1. The van der Waals surface area contributed by atoms with Crippen molar-refractivity contribution in [2.75, 3.05) is 26.5 Å². The second-order valence-electron chi connectivity index (χ2n) is 5.26. The normalized spacial score (nSPS) is 10.7. The summed E-state index contributed by atoms with van der Waals surface area (Å²) in [7, 11) is 5.83. The average molecular weight is 349 g/mol. The number of ether oxygens (including phenoxy) is 1. The lowest BCUT2D eigenvalue weighted by Crippen LogP contribution is -2.10. The van der Waals surface area contributed by atoms with Crippen LogP contribution in [0.15, 0.2) is 46.9 Å². The summed E-state index contributed by atoms with van der Waals surface area (Å²) >= 11 is 3.51. The molecule has 0 atom stereocenters. The number of benzene rings is 2. The molecule has 112 valence electrons. The van der Waals surface area contributed by atoms with Gasteiger partial charge < -0.3 is 15.0 Å². The van der Waals surface area contributed by atoms with Crippen molar-refractivity contribution in [1.29, 1.82) is 0 Å². The van der Waals surface area contributed by atoms with Crippen LogP contribution >= 0.6 is 15.9 Å². The molecule has 0 aromatic heterocycles. The largest absolute Gasteiger partial charge is 0.496 e. The van der Waals surface area contributed by atoms with Crippen LogP contribution in [0.5, 0.6) is 5.75 Å². The predicted octanol–water partition coefficient (Wildman–Crippen LogP) is 4.13. The molecule has 0 fully saturated rings. The van der Waals surface area contributed by atoms with Crippen molar-refractivity contribution >= 4 is 21.6 Å². The van der Waals surface area contributed by atoms with E-state index in [9.17, 15) is 0 Å². The van der Waals surface area contributed by atoms with Gasteiger partial charge in [-0.2, -0.15) is 0 Å². The predicted molar refractivity (Wildman–Crippen MR) is 91.9 cm³/mol. The molecule has 1 N–H and O–H groups in total. The van der Waals surface area contributed by atoms with Gasteiger partial charge in [-0.3, -0.25) is 0 Å². The molecule has 0 spiro atoms. The van der Waals surface area contributed by atoms with E-state index in [1.54, 1.807) is 7.11 Å². The van der Waals surface area contributed by atoms with Gasteiger partial charge in [-0.25, -0.2) is 0 Å². The molecular formula is C17H21BrN2O. The number of nitrogens with one attached hydrogen (secondary N) is 1. The van der Waals surface area contributed by atoms with E-state index in [1.807, 2.05) is 6.07 Å². The second-order valence-corrected chi connectivity index (χ2v) is 6.11. The molecule has 0 aliphatic carbocycles. The fourth-order valence-electron chi connectivity index (χ4n) is 2.12. The molecule has 2 aromatic carbocycles. The summed E-state index contributed by atoms with van der Waals surface area (Å²) in [5.41, 5.74) is 3.65. The summed E-state index contributed by atoms with van der Waals surface area (Å²) in [6, 6.07) is 14.7. The van der Waals surface area contributed by atoms with E-state index < -0.39 is 0 Å². The summed E-state index contributed by atoms with van der Waals surface area (Å²) in [4.78, 5) is 2.16. The van der Waals surface area contributed by atoms with E-state index in [4.69, 9.17) is 4.74 Å². The standard InChI is InChI=1S/C17H21BrN2O/c1-20(2)12-13-4-7-15(8-5-13)19-11-14-6-9-17(21-3)16(18)10-14/h4-10,19H,11-12H2,1-3H3. The van der Waals surface area contributed by atoms with Gasteiger partial charge in [0.1, 0.15) is 5.75 Å². The third-order valence-electron chi connectivity index (χ3n) is 3.17. The Morgan fingerprint density at radius 2 is 1.71 bits per heavy atom. The van der Waals surface area contributed by atoms with E-state index in [0.717, 1.165) is 29.0 Å². The molecule has 0 bridgehead atoms. The third-order valence-corrected chi connectivity index (χ3v) is 3.79. The van der Waals surface area contributed by atoms with Crippen molar-refractivity contribution in [3.8, 4) is 5.75 Å². The quantitative estimate of drug-likeness (QED) is 0.849. The Kier molecular flexibility index (Phi) is 5.65. The Morgan fingerprint density at radius 3 is 2.29 bits per heavy atom. The Bertz CT molecular complexity index is 582. The average Bonchev–Trinajstić information content (AvgIpc) is 2.46. The van der Waals surface area contributed by atoms with Crippen LogP contribution in [-0.2, 0) is 13.1 Å². The number of methoxy groups -OCH3 is 1. The van der Waals surface area contributed by atoms with Crippen LogP contribution in [0.4, 0.5) is 5.69 Å². The SMILES string of the molecule is COc1ccc(CNc2ccc(CN(C)C)cc2)cc1Br. The van der Waals surface area contributed by atoms with E-state index in [0.29, 0.717) is 0 Å². The first-order valence-corrected chi connectivity index (χ1v) is 7.68. The first kappa shape index (κ1) is 15.9. The number of hydrogen-bond donors (Lipinski definition) is 1. The van der Waals surface area contributed by atoms with Crippen molar-refractivity contribution in [3.05, 3.63) is 58.1 Å². The van der Waals surface area contributed by atoms with Gasteiger partial charge in [0.2, 0.25) is 0 Å². The first-order chi connectivity index (χ1) is 10.1. The van der Waals surface area contributed by atoms with E-state index in [1.165, 1.54) is 11.1 Å². The second kappa shape index (κ2) is 7.48. The number of hydrogen-bond acceptors (Lipinski definition) is 3. The van der Waals surface area contributed by atoms with Gasteiger partial charge in [0.05, 0.1) is 11.6 Å². The molecule has 0 aliphatic heterocycles. The van der Waals surface area contributed by atoms with Crippen LogP contribution in [0.1, 0.15) is 11.1 Å². The number of rotatable bonds is 6. The molecule has 0 radical (unpaired) electrons. The zero-order chi connectivity index (χ0) is 15.2. The molecule has 0 saturated heterocycles. The number of halogens is 1. The molecule has 2 rings (SSSR count). The van der Waals surface area contributed by atoms with Crippen molar-refractivity contribution in [2.24, 2.45) is 0 Å². The highest BCUT2D eigenvalue weighted by molar-refractivity contribution is 9.10. The molecule has 4 heteroatoms. The van der Waals surface area contributed by atoms with Crippen LogP contribution in [0.3, 0.4) is 0 Å². The molecule has 3 nitrogen and oxygen atoms in total. The molecule has 0 amide bonds. The highest BCUT2D eigenvalue weighted by Crippen LogP contribution is 2.25. The minimum atomic E-state index is 0.787. The summed E-state index contributed by atoms with van der Waals surface area (Å²) in [5.74, 6) is 0.854. The maximum Gasteiger partial charge on any atom is 0.133 e. The Morgan fingerprint density at radius 1 is 1.05 bits per heavy atom. The summed E-state index contributed by atoms with van der Waals surface area (Å²) in [6.07, 6.45) is 0. The van der Waals surface area contributed by atoms with Gasteiger partial charge in [-0.1, -0.05) is 18.2 Å². The lowest BCUT2D eigenvalue weighted by atomic mass is 10.2. The molecule has 0 heterocycles. The fourth-order valence-corrected chi connectivity index (χ4v) is 2.71. The maximum absolute atomic E-state index is 5.24. The highest BCUT2D eigenvalue weighted by atomic mass is 79.9. The van der Waals surface area contributed by atoms with Crippen LogP contribution in [0, 0.1) is 0 Å². The Hall–Kier alpha value is -1.52. The van der Waals surface area contributed by atoms with Gasteiger partial charge in [0, 0.05) is 18.8 Å². The number of nitrogens with zero attached hydrogens (tertiary/aromatic N) is 1. The van der Waals surface area contributed by atoms with Crippen LogP contribution in [0.2, 0.25) is 0 Å². The molecule has 2 aromatic rings. The van der Waals surface area contributed by atoms with Crippen molar-refractivity contribution in [1.82, 2.24) is 4.90 Å². The van der Waals surface area contributed by atoms with Crippen LogP contribution in [0.25, 0.3) is 0 Å². The zero-order valence-electron chi connectivity index (χ0n) is 12.7. The Balaban J connectivity index is 1.95. The topological polar surface area (TPSA) is 24.5 Å². The fraction of sp³-hybridized carbons (Fsp3) is 0.294. The summed E-state index contributed by atoms with van der Waals surface area (Å²) < 4.78 is 6.21. The first-order valence-electron chi connectivity index (χ1n) is 6.88. The van der Waals surface area contributed by atoms with Gasteiger partial charge in [-0.15, -0.1) is 0 Å². The minimum absolute atomic E-state index is 0.787. The van der Waals surface area contributed by atoms with Gasteiger partial charge in [0.25, 0.3) is 0 Å². The van der Waals surface area contributed by atoms with Gasteiger partial charge in [0.15, 0.2) is 0 Å². The minimum Gasteiger partial charge on any atom is -0.496 e. The van der Waals surface area contributed by atoms with Crippen molar-refractivity contribution in [2.45, 2.75) is 13.1 Å². The van der Waals surface area contributed by atoms with Crippen LogP contribution < -0.4 is 10.1 Å². The van der Waals surface area contributed by atoms with E-state index >= 15 is 0 Å². The highest BCUT2D eigenvalue weighted by Gasteiger charge is 2.02. The Labute approximate surface area is 135 Å². The van der Waals surface area contributed by atoms with Gasteiger partial charge in [-0.05, 0) is 65.4 Å². The van der Waals surface area contributed by atoms with Crippen molar-refractivity contribution < 1.29 is 4.74 Å².